The molecule has 0 aliphatic rings. The van der Waals surface area contributed by atoms with Crippen molar-refractivity contribution in [1.29, 1.82) is 0 Å². The lowest BCUT2D eigenvalue weighted by molar-refractivity contribution is 0.448. The molecule has 0 radical (unpaired) electrons. The molecule has 0 saturated carbocycles. The normalized spacial score (nSPS) is 13.5. The van der Waals surface area contributed by atoms with Crippen molar-refractivity contribution in [3.8, 4) is 0 Å². The number of hydrogen-bond donors (Lipinski definition) is 1. The average molecular weight is 261 g/mol. The van der Waals surface area contributed by atoms with Crippen LogP contribution in [0.15, 0.2) is 36.8 Å². The van der Waals surface area contributed by atoms with Crippen LogP contribution in [0.25, 0.3) is 0 Å². The minimum atomic E-state index is -0.423. The first-order chi connectivity index (χ1) is 8.88. The Bertz CT molecular complexity index is 537. The predicted molar refractivity (Wildman–Crippen MR) is 74.3 cm³/mol. The van der Waals surface area contributed by atoms with Crippen LogP contribution < -0.4 is 5.73 Å². The average Bonchev–Trinajstić information content (AvgIpc) is 2.81. The standard InChI is InChI=1S/C15H20FN3/c1-11(8-12-4-6-13(16)7-5-12)19-10-18-9-14(19)15(2,3)17/h4-7,9-11H,8,17H2,1-3H3. The van der Waals surface area contributed by atoms with Crippen LogP contribution in [0.2, 0.25) is 0 Å². The predicted octanol–water partition coefficient (Wildman–Crippen LogP) is 3.02. The lowest BCUT2D eigenvalue weighted by atomic mass is 10.0. The summed E-state index contributed by atoms with van der Waals surface area (Å²) in [5.74, 6) is -0.206. The fourth-order valence-corrected chi connectivity index (χ4v) is 2.21. The van der Waals surface area contributed by atoms with Crippen molar-refractivity contribution in [2.45, 2.75) is 38.8 Å². The van der Waals surface area contributed by atoms with Gasteiger partial charge in [-0.3, -0.25) is 0 Å². The Labute approximate surface area is 113 Å². The maximum atomic E-state index is 12.9. The molecule has 3 nitrogen and oxygen atoms in total. The van der Waals surface area contributed by atoms with Crippen LogP contribution in [0.5, 0.6) is 0 Å². The van der Waals surface area contributed by atoms with Crippen molar-refractivity contribution in [3.63, 3.8) is 0 Å². The Morgan fingerprint density at radius 1 is 1.32 bits per heavy atom. The van der Waals surface area contributed by atoms with Gasteiger partial charge in [0.2, 0.25) is 0 Å². The molecule has 1 heterocycles. The summed E-state index contributed by atoms with van der Waals surface area (Å²) in [7, 11) is 0. The summed E-state index contributed by atoms with van der Waals surface area (Å²) in [6, 6.07) is 6.84. The number of halogens is 1. The molecule has 0 fully saturated rings. The summed E-state index contributed by atoms with van der Waals surface area (Å²) >= 11 is 0. The van der Waals surface area contributed by atoms with Crippen LogP contribution in [0, 0.1) is 5.82 Å². The first-order valence-electron chi connectivity index (χ1n) is 6.43. The van der Waals surface area contributed by atoms with E-state index in [4.69, 9.17) is 5.73 Å². The number of benzene rings is 1. The number of rotatable bonds is 4. The second-order valence-corrected chi connectivity index (χ2v) is 5.59. The molecule has 102 valence electrons. The molecule has 1 unspecified atom stereocenters. The van der Waals surface area contributed by atoms with Gasteiger partial charge < -0.3 is 10.3 Å². The van der Waals surface area contributed by atoms with E-state index in [9.17, 15) is 4.39 Å². The highest BCUT2D eigenvalue weighted by molar-refractivity contribution is 5.18. The van der Waals surface area contributed by atoms with Gasteiger partial charge in [-0.2, -0.15) is 0 Å². The van der Waals surface area contributed by atoms with E-state index in [-0.39, 0.29) is 11.9 Å². The van der Waals surface area contributed by atoms with Gasteiger partial charge in [-0.25, -0.2) is 9.37 Å². The highest BCUT2D eigenvalue weighted by atomic mass is 19.1. The number of aromatic nitrogens is 2. The topological polar surface area (TPSA) is 43.8 Å². The molecule has 1 atom stereocenters. The molecule has 1 aromatic heterocycles. The summed E-state index contributed by atoms with van der Waals surface area (Å²) in [5, 5.41) is 0. The zero-order chi connectivity index (χ0) is 14.0. The zero-order valence-electron chi connectivity index (χ0n) is 11.6. The van der Waals surface area contributed by atoms with Crippen LogP contribution in [-0.2, 0) is 12.0 Å². The lowest BCUT2D eigenvalue weighted by Crippen LogP contribution is -2.32. The second kappa shape index (κ2) is 5.13. The van der Waals surface area contributed by atoms with Gasteiger partial charge in [-0.15, -0.1) is 0 Å². The van der Waals surface area contributed by atoms with E-state index in [1.54, 1.807) is 12.5 Å². The van der Waals surface area contributed by atoms with Crippen LogP contribution in [0.1, 0.15) is 38.1 Å². The molecular formula is C15H20FN3. The second-order valence-electron chi connectivity index (χ2n) is 5.59. The van der Waals surface area contributed by atoms with Crippen LogP contribution >= 0.6 is 0 Å². The maximum Gasteiger partial charge on any atom is 0.123 e. The molecule has 2 aromatic rings. The largest absolute Gasteiger partial charge is 0.330 e. The van der Waals surface area contributed by atoms with Crippen molar-refractivity contribution < 1.29 is 4.39 Å². The summed E-state index contributed by atoms with van der Waals surface area (Å²) < 4.78 is 15.0. The van der Waals surface area contributed by atoms with Gasteiger partial charge in [0.15, 0.2) is 0 Å². The van der Waals surface area contributed by atoms with E-state index in [1.807, 2.05) is 26.0 Å². The molecule has 0 saturated heterocycles. The molecule has 0 spiro atoms. The van der Waals surface area contributed by atoms with Crippen molar-refractivity contribution in [3.05, 3.63) is 53.9 Å². The van der Waals surface area contributed by atoms with E-state index in [1.165, 1.54) is 12.1 Å². The van der Waals surface area contributed by atoms with Gasteiger partial charge >= 0.3 is 0 Å². The summed E-state index contributed by atoms with van der Waals surface area (Å²) in [4.78, 5) is 4.19. The Kier molecular flexibility index (Phi) is 3.71. The monoisotopic (exact) mass is 261 g/mol. The molecule has 0 aliphatic carbocycles. The highest BCUT2D eigenvalue weighted by Gasteiger charge is 2.21. The Hall–Kier alpha value is -1.68. The number of nitrogens with two attached hydrogens (primary N) is 1. The lowest BCUT2D eigenvalue weighted by Gasteiger charge is -2.24. The van der Waals surface area contributed by atoms with Gasteiger partial charge in [0.05, 0.1) is 17.6 Å². The molecule has 0 bridgehead atoms. The molecule has 4 heteroatoms. The van der Waals surface area contributed by atoms with Gasteiger partial charge in [-0.1, -0.05) is 12.1 Å². The van der Waals surface area contributed by atoms with Crippen LogP contribution in [0.3, 0.4) is 0 Å². The number of nitrogens with zero attached hydrogens (tertiary/aromatic N) is 2. The summed E-state index contributed by atoms with van der Waals surface area (Å²) in [5.41, 5.74) is 7.82. The minimum absolute atomic E-state index is 0.206. The van der Waals surface area contributed by atoms with Gasteiger partial charge in [0, 0.05) is 12.2 Å². The number of hydrogen-bond acceptors (Lipinski definition) is 2. The van der Waals surface area contributed by atoms with E-state index in [0.717, 1.165) is 17.7 Å². The zero-order valence-corrected chi connectivity index (χ0v) is 11.6. The van der Waals surface area contributed by atoms with Crippen molar-refractivity contribution >= 4 is 0 Å². The molecular weight excluding hydrogens is 241 g/mol. The number of imidazole rings is 1. The van der Waals surface area contributed by atoms with Crippen LogP contribution in [0.4, 0.5) is 4.39 Å². The van der Waals surface area contributed by atoms with E-state index in [0.29, 0.717) is 0 Å². The molecule has 1 aromatic carbocycles. The van der Waals surface area contributed by atoms with Crippen molar-refractivity contribution in [2.24, 2.45) is 5.73 Å². The fourth-order valence-electron chi connectivity index (χ4n) is 2.21. The molecule has 2 N–H and O–H groups in total. The van der Waals surface area contributed by atoms with E-state index < -0.39 is 5.54 Å². The first-order valence-corrected chi connectivity index (χ1v) is 6.43. The quantitative estimate of drug-likeness (QED) is 0.919. The highest BCUT2D eigenvalue weighted by Crippen LogP contribution is 2.22. The van der Waals surface area contributed by atoms with Crippen molar-refractivity contribution in [1.82, 2.24) is 9.55 Å². The first kappa shape index (κ1) is 13.7. The van der Waals surface area contributed by atoms with Gasteiger partial charge in [0.1, 0.15) is 5.82 Å². The summed E-state index contributed by atoms with van der Waals surface area (Å²) in [6.07, 6.45) is 4.43. The Morgan fingerprint density at radius 3 is 2.53 bits per heavy atom. The third-order valence-electron chi connectivity index (χ3n) is 3.25. The third kappa shape index (κ3) is 3.20. The Balaban J connectivity index is 2.19. The minimum Gasteiger partial charge on any atom is -0.330 e. The fraction of sp³-hybridized carbons (Fsp3) is 0.400. The Morgan fingerprint density at radius 2 is 1.95 bits per heavy atom. The van der Waals surface area contributed by atoms with Crippen LogP contribution in [-0.4, -0.2) is 9.55 Å². The third-order valence-corrected chi connectivity index (χ3v) is 3.25. The molecule has 0 aliphatic heterocycles. The maximum absolute atomic E-state index is 12.9. The van der Waals surface area contributed by atoms with Gasteiger partial charge in [-0.05, 0) is 44.9 Å². The SMILES string of the molecule is CC(Cc1ccc(F)cc1)n1cncc1C(C)(C)N. The smallest absolute Gasteiger partial charge is 0.123 e. The molecule has 0 amide bonds. The van der Waals surface area contributed by atoms with Gasteiger partial charge in [0.25, 0.3) is 0 Å². The van der Waals surface area contributed by atoms with Crippen molar-refractivity contribution in [2.75, 3.05) is 0 Å². The molecule has 19 heavy (non-hydrogen) atoms. The summed E-state index contributed by atoms with van der Waals surface area (Å²) in [6.45, 7) is 6.04. The molecule has 2 rings (SSSR count). The van der Waals surface area contributed by atoms with E-state index >= 15 is 0 Å². The van der Waals surface area contributed by atoms with E-state index in [2.05, 4.69) is 16.5 Å².